The summed E-state index contributed by atoms with van der Waals surface area (Å²) in [5.74, 6) is 0.0648. The number of hydrogen-bond donors (Lipinski definition) is 0. The Labute approximate surface area is 184 Å². The normalized spacial score (nSPS) is 18.1. The molecule has 2 aliphatic rings. The van der Waals surface area contributed by atoms with Crippen molar-refractivity contribution in [1.82, 2.24) is 19.7 Å². The molecule has 164 valence electrons. The molecule has 2 aliphatic heterocycles. The number of carbonyl (C=O) groups is 2. The van der Waals surface area contributed by atoms with E-state index < -0.39 is 0 Å². The van der Waals surface area contributed by atoms with Crippen LogP contribution in [0.1, 0.15) is 48.5 Å². The Kier molecular flexibility index (Phi) is 6.54. The maximum Gasteiger partial charge on any atom is 0.319 e. The minimum atomic E-state index is -0.223. The largest absolute Gasteiger partial charge is 0.333 e. The average Bonchev–Trinajstić information content (AvgIpc) is 3.35. The van der Waals surface area contributed by atoms with Crippen molar-refractivity contribution in [3.63, 3.8) is 0 Å². The van der Waals surface area contributed by atoms with Gasteiger partial charge in [-0.25, -0.2) is 4.79 Å². The first-order chi connectivity index (χ1) is 15.1. The number of aromatic nitrogens is 1. The maximum atomic E-state index is 13.5. The highest BCUT2D eigenvalue weighted by Crippen LogP contribution is 2.31. The average molecular weight is 421 g/mol. The second-order valence-electron chi connectivity index (χ2n) is 8.71. The third-order valence-corrected chi connectivity index (χ3v) is 6.65. The highest BCUT2D eigenvalue weighted by Gasteiger charge is 2.34. The van der Waals surface area contributed by atoms with Crippen LogP contribution in [-0.2, 0) is 4.79 Å². The molecule has 0 saturated carbocycles. The van der Waals surface area contributed by atoms with E-state index in [1.807, 2.05) is 59.0 Å². The lowest BCUT2D eigenvalue weighted by atomic mass is 9.92. The molecule has 1 aromatic heterocycles. The van der Waals surface area contributed by atoms with E-state index in [4.69, 9.17) is 0 Å². The SMILES string of the molecule is Cc1cccnc1C(c1ccccc1)N(C)C(=O)C1CCN(C(=O)N2CCCC2)CC1. The molecule has 4 rings (SSSR count). The fourth-order valence-corrected chi connectivity index (χ4v) is 4.83. The standard InChI is InChI=1S/C25H32N4O2/c1-19-9-8-14-26-22(19)23(20-10-4-3-5-11-20)27(2)24(30)21-12-17-29(18-13-21)25(31)28-15-6-7-16-28/h3-5,8-11,14,21,23H,6-7,12-13,15-18H2,1-2H3. The van der Waals surface area contributed by atoms with Crippen LogP contribution < -0.4 is 0 Å². The molecule has 31 heavy (non-hydrogen) atoms. The molecule has 0 N–H and O–H groups in total. The Morgan fingerprint density at radius 3 is 2.26 bits per heavy atom. The van der Waals surface area contributed by atoms with Gasteiger partial charge in [0.1, 0.15) is 0 Å². The van der Waals surface area contributed by atoms with Crippen LogP contribution in [0, 0.1) is 12.8 Å². The van der Waals surface area contributed by atoms with Crippen molar-refractivity contribution in [2.75, 3.05) is 33.2 Å². The van der Waals surface area contributed by atoms with Crippen molar-refractivity contribution in [2.45, 2.75) is 38.6 Å². The van der Waals surface area contributed by atoms with E-state index >= 15 is 0 Å². The summed E-state index contributed by atoms with van der Waals surface area (Å²) in [5, 5.41) is 0. The number of piperidine rings is 1. The van der Waals surface area contributed by atoms with E-state index in [0.29, 0.717) is 25.9 Å². The fourth-order valence-electron chi connectivity index (χ4n) is 4.83. The summed E-state index contributed by atoms with van der Waals surface area (Å²) in [6, 6.07) is 14.0. The molecule has 2 saturated heterocycles. The molecule has 2 aromatic rings. The van der Waals surface area contributed by atoms with Gasteiger partial charge in [0.05, 0.1) is 11.7 Å². The minimum absolute atomic E-state index is 0.0668. The van der Waals surface area contributed by atoms with Gasteiger partial charge in [0.25, 0.3) is 0 Å². The van der Waals surface area contributed by atoms with Crippen LogP contribution in [0.2, 0.25) is 0 Å². The third-order valence-electron chi connectivity index (χ3n) is 6.65. The summed E-state index contributed by atoms with van der Waals surface area (Å²) in [5.41, 5.74) is 3.04. The van der Waals surface area contributed by atoms with Gasteiger partial charge in [-0.3, -0.25) is 9.78 Å². The summed E-state index contributed by atoms with van der Waals surface area (Å²) in [7, 11) is 1.88. The number of hydrogen-bond acceptors (Lipinski definition) is 3. The number of urea groups is 1. The molecule has 6 nitrogen and oxygen atoms in total. The first kappa shape index (κ1) is 21.3. The Morgan fingerprint density at radius 2 is 1.61 bits per heavy atom. The van der Waals surface area contributed by atoms with Gasteiger partial charge in [-0.2, -0.15) is 0 Å². The molecular formula is C25H32N4O2. The van der Waals surface area contributed by atoms with Gasteiger partial charge < -0.3 is 14.7 Å². The second-order valence-corrected chi connectivity index (χ2v) is 8.71. The van der Waals surface area contributed by atoms with Gasteiger partial charge in [-0.1, -0.05) is 36.4 Å². The van der Waals surface area contributed by atoms with Crippen LogP contribution in [0.5, 0.6) is 0 Å². The third kappa shape index (κ3) is 4.58. The smallest absolute Gasteiger partial charge is 0.319 e. The zero-order valence-corrected chi connectivity index (χ0v) is 18.5. The molecule has 1 unspecified atom stereocenters. The first-order valence-electron chi connectivity index (χ1n) is 11.3. The summed E-state index contributed by atoms with van der Waals surface area (Å²) in [6.45, 7) is 5.07. The quantitative estimate of drug-likeness (QED) is 0.755. The summed E-state index contributed by atoms with van der Waals surface area (Å²) >= 11 is 0. The molecule has 0 bridgehead atoms. The topological polar surface area (TPSA) is 56.8 Å². The van der Waals surface area contributed by atoms with Gasteiger partial charge in [0.15, 0.2) is 0 Å². The monoisotopic (exact) mass is 420 g/mol. The van der Waals surface area contributed by atoms with Crippen LogP contribution in [0.3, 0.4) is 0 Å². The highest BCUT2D eigenvalue weighted by molar-refractivity contribution is 5.80. The molecule has 3 heterocycles. The molecule has 2 fully saturated rings. The van der Waals surface area contributed by atoms with Crippen LogP contribution >= 0.6 is 0 Å². The Balaban J connectivity index is 1.48. The number of likely N-dealkylation sites (tertiary alicyclic amines) is 2. The van der Waals surface area contributed by atoms with Crippen LogP contribution in [0.4, 0.5) is 4.79 Å². The number of benzene rings is 1. The molecule has 1 aromatic carbocycles. The van der Waals surface area contributed by atoms with Crippen LogP contribution in [0.15, 0.2) is 48.7 Å². The summed E-state index contributed by atoms with van der Waals surface area (Å²) < 4.78 is 0. The van der Waals surface area contributed by atoms with Gasteiger partial charge >= 0.3 is 6.03 Å². The van der Waals surface area contributed by atoms with Gasteiger partial charge in [-0.15, -0.1) is 0 Å². The van der Waals surface area contributed by atoms with E-state index in [1.54, 1.807) is 6.20 Å². The molecule has 0 radical (unpaired) electrons. The number of nitrogens with zero attached hydrogens (tertiary/aromatic N) is 4. The molecule has 3 amide bonds. The van der Waals surface area contributed by atoms with Crippen molar-refractivity contribution in [3.05, 3.63) is 65.5 Å². The zero-order chi connectivity index (χ0) is 21.8. The Hall–Kier alpha value is -2.89. The number of carbonyl (C=O) groups excluding carboxylic acids is 2. The fraction of sp³-hybridized carbons (Fsp3) is 0.480. The van der Waals surface area contributed by atoms with Crippen molar-refractivity contribution in [3.8, 4) is 0 Å². The van der Waals surface area contributed by atoms with Crippen molar-refractivity contribution in [2.24, 2.45) is 5.92 Å². The van der Waals surface area contributed by atoms with E-state index in [-0.39, 0.29) is 23.9 Å². The predicted molar refractivity (Wildman–Crippen MR) is 121 cm³/mol. The van der Waals surface area contributed by atoms with Gasteiger partial charge in [0, 0.05) is 45.3 Å². The molecule has 1 atom stereocenters. The highest BCUT2D eigenvalue weighted by atomic mass is 16.2. The van der Waals surface area contributed by atoms with Gasteiger partial charge in [0.2, 0.25) is 5.91 Å². The maximum absolute atomic E-state index is 13.5. The Bertz CT molecular complexity index is 903. The number of aryl methyl sites for hydroxylation is 1. The van der Waals surface area contributed by atoms with Gasteiger partial charge in [-0.05, 0) is 49.8 Å². The minimum Gasteiger partial charge on any atom is -0.333 e. The van der Waals surface area contributed by atoms with Crippen LogP contribution in [-0.4, -0.2) is 64.8 Å². The second kappa shape index (κ2) is 9.50. The van der Waals surface area contributed by atoms with E-state index in [0.717, 1.165) is 42.8 Å². The van der Waals surface area contributed by atoms with Crippen molar-refractivity contribution < 1.29 is 9.59 Å². The van der Waals surface area contributed by atoms with E-state index in [1.165, 1.54) is 0 Å². The van der Waals surface area contributed by atoms with E-state index in [2.05, 4.69) is 17.1 Å². The number of rotatable bonds is 4. The first-order valence-corrected chi connectivity index (χ1v) is 11.3. The summed E-state index contributed by atoms with van der Waals surface area (Å²) in [6.07, 6.45) is 5.41. The number of pyridine rings is 1. The zero-order valence-electron chi connectivity index (χ0n) is 18.5. The lowest BCUT2D eigenvalue weighted by Gasteiger charge is -2.37. The molecule has 0 aliphatic carbocycles. The lowest BCUT2D eigenvalue weighted by molar-refractivity contribution is -0.137. The van der Waals surface area contributed by atoms with Crippen LogP contribution in [0.25, 0.3) is 0 Å². The molecular weight excluding hydrogens is 388 g/mol. The predicted octanol–water partition coefficient (Wildman–Crippen LogP) is 3.87. The Morgan fingerprint density at radius 1 is 0.968 bits per heavy atom. The lowest BCUT2D eigenvalue weighted by Crippen LogP contribution is -2.48. The molecule has 6 heteroatoms. The van der Waals surface area contributed by atoms with Crippen molar-refractivity contribution >= 4 is 11.9 Å². The summed E-state index contributed by atoms with van der Waals surface area (Å²) in [4.78, 5) is 36.5. The number of amides is 3. The van der Waals surface area contributed by atoms with Crippen molar-refractivity contribution in [1.29, 1.82) is 0 Å². The molecule has 0 spiro atoms. The van der Waals surface area contributed by atoms with E-state index in [9.17, 15) is 9.59 Å².